The normalized spacial score (nSPS) is 12.0. The molecule has 0 radical (unpaired) electrons. The van der Waals surface area contributed by atoms with Crippen LogP contribution in [0.1, 0.15) is 38.7 Å². The molecule has 0 bridgehead atoms. The van der Waals surface area contributed by atoms with E-state index in [2.05, 4.69) is 17.6 Å². The summed E-state index contributed by atoms with van der Waals surface area (Å²) in [5.74, 6) is -1.28. The second-order valence-electron chi connectivity index (χ2n) is 7.21. The molecule has 7 nitrogen and oxygen atoms in total. The van der Waals surface area contributed by atoms with Crippen molar-refractivity contribution in [1.29, 1.82) is 0 Å². The van der Waals surface area contributed by atoms with Crippen molar-refractivity contribution in [3.05, 3.63) is 42.8 Å². The zero-order chi connectivity index (χ0) is 21.1. The molecule has 0 heterocycles. The van der Waals surface area contributed by atoms with Gasteiger partial charge in [0.1, 0.15) is 6.04 Å². The Morgan fingerprint density at radius 1 is 0.967 bits per heavy atom. The van der Waals surface area contributed by atoms with Crippen LogP contribution in [0.4, 0.5) is 0 Å². The molecule has 0 saturated carbocycles. The Morgan fingerprint density at radius 2 is 1.57 bits per heavy atom. The quantitative estimate of drug-likeness (QED) is 0.211. The molecular formula is C21H30K2N3O4+. The molecule has 1 rings (SSSR count). The first-order valence-electron chi connectivity index (χ1n) is 9.44. The summed E-state index contributed by atoms with van der Waals surface area (Å²) in [5, 5.41) is 5.36. The van der Waals surface area contributed by atoms with Crippen LogP contribution in [-0.2, 0) is 25.6 Å². The maximum Gasteiger partial charge on any atom is 1.00 e. The van der Waals surface area contributed by atoms with Crippen LogP contribution in [0.5, 0.6) is 0 Å². The Balaban J connectivity index is 0. The van der Waals surface area contributed by atoms with Gasteiger partial charge >= 0.3 is 103 Å². The van der Waals surface area contributed by atoms with Gasteiger partial charge in [-0.3, -0.25) is 14.4 Å². The van der Waals surface area contributed by atoms with Crippen LogP contribution in [0, 0.1) is 12.8 Å². The van der Waals surface area contributed by atoms with E-state index in [1.54, 1.807) is 0 Å². The monoisotopic (exact) mass is 466 g/mol. The first-order valence-corrected chi connectivity index (χ1v) is 9.44. The molecule has 1 aromatic carbocycles. The molecule has 0 aliphatic heterocycles. The van der Waals surface area contributed by atoms with E-state index >= 15 is 0 Å². The van der Waals surface area contributed by atoms with E-state index in [0.29, 0.717) is 6.42 Å². The molecule has 2 amide bonds. The van der Waals surface area contributed by atoms with E-state index in [1.165, 1.54) is 0 Å². The van der Waals surface area contributed by atoms with E-state index in [-0.39, 0.29) is 146 Å². The number of rotatable bonds is 12. The van der Waals surface area contributed by atoms with Crippen molar-refractivity contribution in [2.24, 2.45) is 11.7 Å². The number of benzene rings is 1. The van der Waals surface area contributed by atoms with Crippen LogP contribution in [0.3, 0.4) is 0 Å². The third kappa shape index (κ3) is 13.9. The number of hydrogen-bond donors (Lipinski definition) is 3. The van der Waals surface area contributed by atoms with Crippen LogP contribution in [0.25, 0.3) is 0 Å². The van der Waals surface area contributed by atoms with Gasteiger partial charge in [-0.25, -0.2) is 0 Å². The van der Waals surface area contributed by atoms with Gasteiger partial charge < -0.3 is 28.1 Å². The molecule has 0 saturated heterocycles. The molecule has 0 aliphatic rings. The summed E-state index contributed by atoms with van der Waals surface area (Å²) < 4.78 is 0. The molecule has 9 heteroatoms. The molecular weight excluding hydrogens is 436 g/mol. The molecule has 30 heavy (non-hydrogen) atoms. The predicted octanol–water partition coefficient (Wildman–Crippen LogP) is -5.04. The fourth-order valence-electron chi connectivity index (χ4n) is 2.76. The zero-order valence-corrected chi connectivity index (χ0v) is 24.8. The summed E-state index contributed by atoms with van der Waals surface area (Å²) in [6.07, 6.45) is 0.788. The minimum atomic E-state index is -0.851. The Bertz CT molecular complexity index is 684. The SMILES string of the molecule is [CH2-]C(=O)CCC(=O)C(CC(C)C)NC(=O)C(Cc1ccccc1)NC(=O)CN.[K+].[K+]. The van der Waals surface area contributed by atoms with E-state index < -0.39 is 23.9 Å². The van der Waals surface area contributed by atoms with E-state index in [1.807, 2.05) is 44.2 Å². The molecule has 0 spiro atoms. The van der Waals surface area contributed by atoms with Crippen LogP contribution < -0.4 is 119 Å². The minimum Gasteiger partial charge on any atom is -0.344 e. The Hall–Kier alpha value is 0.603. The molecule has 0 aromatic heterocycles. The fraction of sp³-hybridized carbons (Fsp3) is 0.476. The Labute approximate surface area is 264 Å². The summed E-state index contributed by atoms with van der Waals surface area (Å²) in [7, 11) is 0. The third-order valence-electron chi connectivity index (χ3n) is 4.18. The van der Waals surface area contributed by atoms with Gasteiger partial charge in [-0.15, -0.1) is 0 Å². The maximum absolute atomic E-state index is 12.8. The average molecular weight is 467 g/mol. The van der Waals surface area contributed by atoms with Gasteiger partial charge in [-0.2, -0.15) is 0 Å². The van der Waals surface area contributed by atoms with E-state index in [4.69, 9.17) is 5.73 Å². The van der Waals surface area contributed by atoms with Gasteiger partial charge in [0.15, 0.2) is 5.78 Å². The van der Waals surface area contributed by atoms with Crippen molar-refractivity contribution in [3.8, 4) is 0 Å². The summed E-state index contributed by atoms with van der Waals surface area (Å²) in [5.41, 5.74) is 6.23. The Morgan fingerprint density at radius 3 is 2.07 bits per heavy atom. The minimum absolute atomic E-state index is 0. The molecule has 154 valence electrons. The number of nitrogens with one attached hydrogen (secondary N) is 2. The van der Waals surface area contributed by atoms with Gasteiger partial charge in [0.05, 0.1) is 12.6 Å². The molecule has 4 N–H and O–H groups in total. The van der Waals surface area contributed by atoms with Gasteiger partial charge in [0.25, 0.3) is 0 Å². The van der Waals surface area contributed by atoms with Crippen molar-refractivity contribution in [2.75, 3.05) is 6.54 Å². The standard InChI is InChI=1S/C21H30N3O4.2K/c1-14(2)11-17(19(26)10-9-15(3)25)24-21(28)18(23-20(27)13-22)12-16-7-5-4-6-8-16;;/h4-8,14,17-18H,3,9-13,22H2,1-2H3,(H,23,27)(H,24,28);;/q-1;2*+1. The number of amides is 2. The second-order valence-corrected chi connectivity index (χ2v) is 7.21. The summed E-state index contributed by atoms with van der Waals surface area (Å²) in [6.45, 7) is 6.92. The van der Waals surface area contributed by atoms with E-state index in [9.17, 15) is 19.2 Å². The molecule has 0 aliphatic carbocycles. The first kappa shape index (κ1) is 32.8. The smallest absolute Gasteiger partial charge is 0.344 e. The van der Waals surface area contributed by atoms with Crippen molar-refractivity contribution >= 4 is 23.4 Å². The number of carbonyl (C=O) groups excluding carboxylic acids is 4. The van der Waals surface area contributed by atoms with Gasteiger partial charge in [-0.05, 0) is 30.1 Å². The number of Topliss-reactive ketones (excluding diaryl/α,β-unsaturated/α-hetero) is 2. The zero-order valence-electron chi connectivity index (χ0n) is 18.6. The van der Waals surface area contributed by atoms with Crippen LogP contribution in [-0.4, -0.2) is 42.0 Å². The molecule has 2 unspecified atom stereocenters. The molecule has 0 fully saturated rings. The average Bonchev–Trinajstić information content (AvgIpc) is 2.65. The summed E-state index contributed by atoms with van der Waals surface area (Å²) in [4.78, 5) is 48.1. The number of nitrogens with two attached hydrogens (primary N) is 1. The van der Waals surface area contributed by atoms with Crippen molar-refractivity contribution in [3.63, 3.8) is 0 Å². The molecule has 2 atom stereocenters. The van der Waals surface area contributed by atoms with Gasteiger partial charge in [0, 0.05) is 12.8 Å². The Kier molecular flexibility index (Phi) is 19.8. The second kappa shape index (κ2) is 18.1. The van der Waals surface area contributed by atoms with Crippen LogP contribution in [0.15, 0.2) is 30.3 Å². The number of hydrogen-bond acceptors (Lipinski definition) is 5. The van der Waals surface area contributed by atoms with Crippen LogP contribution >= 0.6 is 0 Å². The van der Waals surface area contributed by atoms with Gasteiger partial charge in [-0.1, -0.05) is 44.2 Å². The fourth-order valence-corrected chi connectivity index (χ4v) is 2.76. The number of carbonyl (C=O) groups is 4. The summed E-state index contributed by atoms with van der Waals surface area (Å²) in [6, 6.07) is 7.68. The van der Waals surface area contributed by atoms with Gasteiger partial charge in [0.2, 0.25) is 11.8 Å². The topological polar surface area (TPSA) is 118 Å². The maximum atomic E-state index is 12.8. The molecule has 1 aromatic rings. The first-order chi connectivity index (χ1) is 13.2. The van der Waals surface area contributed by atoms with Crippen molar-refractivity contribution in [1.82, 2.24) is 10.6 Å². The van der Waals surface area contributed by atoms with E-state index in [0.717, 1.165) is 5.56 Å². The third-order valence-corrected chi connectivity index (χ3v) is 4.18. The van der Waals surface area contributed by atoms with Crippen molar-refractivity contribution < 1.29 is 122 Å². The largest absolute Gasteiger partial charge is 1.00 e. The summed E-state index contributed by atoms with van der Waals surface area (Å²) >= 11 is 0. The van der Waals surface area contributed by atoms with Crippen LogP contribution in [0.2, 0.25) is 0 Å². The van der Waals surface area contributed by atoms with Crippen molar-refractivity contribution in [2.45, 2.75) is 51.6 Å². The number of ketones is 2. The predicted molar refractivity (Wildman–Crippen MR) is 107 cm³/mol.